The molecular weight excluding hydrogens is 408 g/mol. The largest absolute Gasteiger partial charge is 0.343 e. The molecule has 0 radical (unpaired) electrons. The minimum absolute atomic E-state index is 0.123. The summed E-state index contributed by atoms with van der Waals surface area (Å²) >= 11 is 0. The molecular formula is C29H36N2O2. The molecule has 2 aromatic rings. The van der Waals surface area contributed by atoms with Gasteiger partial charge >= 0.3 is 0 Å². The highest BCUT2D eigenvalue weighted by Crippen LogP contribution is 2.30. The molecule has 0 aromatic heterocycles. The minimum atomic E-state index is 0.123. The van der Waals surface area contributed by atoms with Crippen molar-refractivity contribution in [1.29, 1.82) is 0 Å². The van der Waals surface area contributed by atoms with E-state index in [-0.39, 0.29) is 11.8 Å². The molecule has 2 heterocycles. The molecule has 2 aromatic carbocycles. The van der Waals surface area contributed by atoms with E-state index in [1.807, 2.05) is 40.1 Å². The van der Waals surface area contributed by atoms with Crippen molar-refractivity contribution in [3.8, 4) is 0 Å². The monoisotopic (exact) mass is 444 g/mol. The Morgan fingerprint density at radius 1 is 0.848 bits per heavy atom. The highest BCUT2D eigenvalue weighted by molar-refractivity contribution is 5.97. The van der Waals surface area contributed by atoms with Gasteiger partial charge < -0.3 is 9.80 Å². The summed E-state index contributed by atoms with van der Waals surface area (Å²) in [5.74, 6) is 1.81. The number of unbranched alkanes of at least 4 members (excludes halogenated alkanes) is 1. The first-order chi connectivity index (χ1) is 16.0. The van der Waals surface area contributed by atoms with Crippen LogP contribution < -0.4 is 4.90 Å². The molecule has 0 bridgehead atoms. The second-order valence-corrected chi connectivity index (χ2v) is 9.74. The number of anilines is 1. The quantitative estimate of drug-likeness (QED) is 0.501. The predicted octanol–water partition coefficient (Wildman–Crippen LogP) is 6.16. The zero-order valence-electron chi connectivity index (χ0n) is 20.0. The van der Waals surface area contributed by atoms with Crippen molar-refractivity contribution in [2.24, 2.45) is 11.8 Å². The lowest BCUT2D eigenvalue weighted by molar-refractivity contribution is -0.133. The van der Waals surface area contributed by atoms with Crippen molar-refractivity contribution in [3.63, 3.8) is 0 Å². The first kappa shape index (κ1) is 23.3. The van der Waals surface area contributed by atoms with Crippen LogP contribution in [0.2, 0.25) is 0 Å². The van der Waals surface area contributed by atoms with Crippen LogP contribution in [0.1, 0.15) is 69.1 Å². The molecule has 2 aliphatic rings. The van der Waals surface area contributed by atoms with Crippen LogP contribution in [0.25, 0.3) is 12.2 Å². The number of carbonyl (C=O) groups is 2. The van der Waals surface area contributed by atoms with E-state index in [9.17, 15) is 9.59 Å². The van der Waals surface area contributed by atoms with Gasteiger partial charge in [0.2, 0.25) is 11.8 Å². The van der Waals surface area contributed by atoms with E-state index in [0.717, 1.165) is 67.1 Å². The van der Waals surface area contributed by atoms with Gasteiger partial charge in [-0.15, -0.1) is 0 Å². The van der Waals surface area contributed by atoms with Crippen molar-refractivity contribution >= 4 is 29.7 Å². The fourth-order valence-corrected chi connectivity index (χ4v) is 5.03. The number of likely N-dealkylation sites (tertiary alicyclic amines) is 1. The standard InChI is InChI=1S/C29H36N2O2/c1-22(2)23-17-19-30(20-18-23)28(32)13-7-8-14-29(33)31-21-26-11-4-3-9-24(26)15-16-25-10-5-6-12-27(25)31/h3-6,9-12,15-16,22-23H,7-8,13-14,17-21H2,1-2H3/b16-15-. The minimum Gasteiger partial charge on any atom is -0.343 e. The Kier molecular flexibility index (Phi) is 7.64. The Morgan fingerprint density at radius 3 is 2.18 bits per heavy atom. The Labute approximate surface area is 198 Å². The van der Waals surface area contributed by atoms with Crippen molar-refractivity contribution in [1.82, 2.24) is 4.90 Å². The van der Waals surface area contributed by atoms with Gasteiger partial charge in [0.25, 0.3) is 0 Å². The second-order valence-electron chi connectivity index (χ2n) is 9.74. The second kappa shape index (κ2) is 10.8. The van der Waals surface area contributed by atoms with Crippen LogP contribution in [0, 0.1) is 11.8 Å². The Balaban J connectivity index is 1.33. The highest BCUT2D eigenvalue weighted by Gasteiger charge is 2.24. The van der Waals surface area contributed by atoms with Crippen molar-refractivity contribution in [3.05, 3.63) is 65.2 Å². The van der Waals surface area contributed by atoms with E-state index in [0.29, 0.717) is 25.3 Å². The molecule has 2 amide bonds. The summed E-state index contributed by atoms with van der Waals surface area (Å²) in [6.07, 6.45) is 8.97. The molecule has 0 unspecified atom stereocenters. The molecule has 4 heteroatoms. The summed E-state index contributed by atoms with van der Waals surface area (Å²) in [5, 5.41) is 0. The number of hydrogen-bond donors (Lipinski definition) is 0. The smallest absolute Gasteiger partial charge is 0.227 e. The van der Waals surface area contributed by atoms with Crippen LogP contribution in [-0.4, -0.2) is 29.8 Å². The van der Waals surface area contributed by atoms with Crippen LogP contribution >= 0.6 is 0 Å². The third-order valence-electron chi connectivity index (χ3n) is 7.22. The Hall–Kier alpha value is -2.88. The third-order valence-corrected chi connectivity index (χ3v) is 7.22. The third kappa shape index (κ3) is 5.73. The summed E-state index contributed by atoms with van der Waals surface area (Å²) in [5.41, 5.74) is 4.31. The maximum atomic E-state index is 13.3. The lowest BCUT2D eigenvalue weighted by Gasteiger charge is -2.34. The Bertz CT molecular complexity index is 1000. The lowest BCUT2D eigenvalue weighted by Crippen LogP contribution is -2.39. The van der Waals surface area contributed by atoms with E-state index in [1.54, 1.807) is 0 Å². The summed E-state index contributed by atoms with van der Waals surface area (Å²) in [6.45, 7) is 6.90. The number of piperidine rings is 1. The summed E-state index contributed by atoms with van der Waals surface area (Å²) in [6, 6.07) is 16.3. The van der Waals surface area contributed by atoms with E-state index in [4.69, 9.17) is 0 Å². The molecule has 0 aliphatic carbocycles. The van der Waals surface area contributed by atoms with Crippen LogP contribution in [-0.2, 0) is 16.1 Å². The predicted molar refractivity (Wildman–Crippen MR) is 136 cm³/mol. The van der Waals surface area contributed by atoms with Gasteiger partial charge in [-0.05, 0) is 60.3 Å². The number of amides is 2. The molecule has 0 spiro atoms. The summed E-state index contributed by atoms with van der Waals surface area (Å²) in [4.78, 5) is 29.9. The van der Waals surface area contributed by atoms with Gasteiger partial charge in [0.05, 0.1) is 12.2 Å². The number of nitrogens with zero attached hydrogens (tertiary/aromatic N) is 2. The first-order valence-corrected chi connectivity index (χ1v) is 12.5. The molecule has 4 nitrogen and oxygen atoms in total. The van der Waals surface area contributed by atoms with Gasteiger partial charge in [0.1, 0.15) is 0 Å². The van der Waals surface area contributed by atoms with Gasteiger partial charge in [-0.1, -0.05) is 68.5 Å². The molecule has 0 saturated carbocycles. The Morgan fingerprint density at radius 2 is 1.45 bits per heavy atom. The van der Waals surface area contributed by atoms with E-state index in [1.165, 1.54) is 0 Å². The van der Waals surface area contributed by atoms with E-state index in [2.05, 4.69) is 44.2 Å². The van der Waals surface area contributed by atoms with Gasteiger partial charge in [-0.25, -0.2) is 0 Å². The number of fused-ring (bicyclic) bond motifs is 2. The molecule has 1 fully saturated rings. The lowest BCUT2D eigenvalue weighted by atomic mass is 9.86. The van der Waals surface area contributed by atoms with Crippen LogP contribution in [0.3, 0.4) is 0 Å². The molecule has 0 atom stereocenters. The average Bonchev–Trinajstić information content (AvgIpc) is 2.83. The van der Waals surface area contributed by atoms with Crippen molar-refractivity contribution in [2.45, 2.75) is 58.9 Å². The number of benzene rings is 2. The first-order valence-electron chi connectivity index (χ1n) is 12.5. The van der Waals surface area contributed by atoms with Crippen LogP contribution in [0.5, 0.6) is 0 Å². The maximum Gasteiger partial charge on any atom is 0.227 e. The van der Waals surface area contributed by atoms with E-state index < -0.39 is 0 Å². The van der Waals surface area contributed by atoms with Gasteiger partial charge in [0.15, 0.2) is 0 Å². The topological polar surface area (TPSA) is 40.6 Å². The number of para-hydroxylation sites is 1. The van der Waals surface area contributed by atoms with Gasteiger partial charge in [-0.2, -0.15) is 0 Å². The van der Waals surface area contributed by atoms with Gasteiger partial charge in [0, 0.05) is 25.9 Å². The molecule has 174 valence electrons. The average molecular weight is 445 g/mol. The normalized spacial score (nSPS) is 17.2. The van der Waals surface area contributed by atoms with Crippen molar-refractivity contribution < 1.29 is 9.59 Å². The zero-order valence-corrected chi connectivity index (χ0v) is 20.0. The molecule has 0 N–H and O–H groups in total. The van der Waals surface area contributed by atoms with Crippen LogP contribution in [0.4, 0.5) is 5.69 Å². The van der Waals surface area contributed by atoms with Gasteiger partial charge in [-0.3, -0.25) is 9.59 Å². The number of hydrogen-bond acceptors (Lipinski definition) is 2. The van der Waals surface area contributed by atoms with Crippen molar-refractivity contribution in [2.75, 3.05) is 18.0 Å². The summed E-state index contributed by atoms with van der Waals surface area (Å²) in [7, 11) is 0. The van der Waals surface area contributed by atoms with E-state index >= 15 is 0 Å². The molecule has 4 rings (SSSR count). The summed E-state index contributed by atoms with van der Waals surface area (Å²) < 4.78 is 0. The van der Waals surface area contributed by atoms with Crippen LogP contribution in [0.15, 0.2) is 48.5 Å². The molecule has 2 aliphatic heterocycles. The maximum absolute atomic E-state index is 13.3. The zero-order chi connectivity index (χ0) is 23.2. The fourth-order valence-electron chi connectivity index (χ4n) is 5.03. The molecule has 33 heavy (non-hydrogen) atoms. The fraction of sp³-hybridized carbons (Fsp3) is 0.448. The number of rotatable bonds is 6. The molecule has 1 saturated heterocycles. The SMILES string of the molecule is CC(C)C1CCN(C(=O)CCCCC(=O)N2Cc3ccccc3/C=C\c3ccccc32)CC1. The highest BCUT2D eigenvalue weighted by atomic mass is 16.2. The number of carbonyl (C=O) groups excluding carboxylic acids is 2.